The van der Waals surface area contributed by atoms with E-state index in [4.69, 9.17) is 9.47 Å². The van der Waals surface area contributed by atoms with Crippen LogP contribution in [-0.2, 0) is 0 Å². The maximum atomic E-state index is 12.7. The van der Waals surface area contributed by atoms with E-state index in [0.717, 1.165) is 19.4 Å². The Balaban J connectivity index is 1.52. The molecule has 0 radical (unpaired) electrons. The van der Waals surface area contributed by atoms with E-state index in [1.807, 2.05) is 17.4 Å². The first-order valence-electron chi connectivity index (χ1n) is 7.47. The monoisotopic (exact) mass is 299 g/mol. The molecule has 1 amide bonds. The normalized spacial score (nSPS) is 20.2. The molecule has 114 valence electrons. The molecule has 1 atom stereocenters. The first kappa shape index (κ1) is 13.2. The molecule has 1 aromatic carbocycles. The van der Waals surface area contributed by atoms with Gasteiger partial charge in [0.05, 0.1) is 12.4 Å². The van der Waals surface area contributed by atoms with Crippen molar-refractivity contribution in [1.29, 1.82) is 0 Å². The van der Waals surface area contributed by atoms with E-state index in [1.54, 1.807) is 24.4 Å². The number of imidazole rings is 1. The second-order valence-electron chi connectivity index (χ2n) is 5.63. The molecule has 1 fully saturated rings. The highest BCUT2D eigenvalue weighted by Gasteiger charge is 2.26. The fourth-order valence-corrected chi connectivity index (χ4v) is 3.08. The predicted octanol–water partition coefficient (Wildman–Crippen LogP) is 2.09. The maximum absolute atomic E-state index is 12.7. The highest BCUT2D eigenvalue weighted by atomic mass is 16.7. The number of aromatic nitrogens is 2. The highest BCUT2D eigenvalue weighted by Crippen LogP contribution is 2.33. The van der Waals surface area contributed by atoms with Gasteiger partial charge < -0.3 is 18.9 Å². The number of rotatable bonds is 2. The number of hydrogen-bond acceptors (Lipinski definition) is 4. The van der Waals surface area contributed by atoms with E-state index in [-0.39, 0.29) is 12.7 Å². The van der Waals surface area contributed by atoms with Crippen molar-refractivity contribution in [3.05, 3.63) is 42.5 Å². The van der Waals surface area contributed by atoms with Crippen molar-refractivity contribution in [2.45, 2.75) is 18.9 Å². The molecule has 1 aromatic heterocycles. The summed E-state index contributed by atoms with van der Waals surface area (Å²) in [5, 5.41) is 0. The van der Waals surface area contributed by atoms with Crippen molar-refractivity contribution in [3.8, 4) is 11.5 Å². The number of carbonyl (C=O) groups is 1. The van der Waals surface area contributed by atoms with Gasteiger partial charge in [0, 0.05) is 31.0 Å². The number of piperidine rings is 1. The number of carbonyl (C=O) groups excluding carboxylic acids is 1. The molecule has 2 aromatic rings. The molecule has 6 nitrogen and oxygen atoms in total. The van der Waals surface area contributed by atoms with E-state index in [9.17, 15) is 4.79 Å². The zero-order valence-corrected chi connectivity index (χ0v) is 12.1. The number of ether oxygens (including phenoxy) is 2. The van der Waals surface area contributed by atoms with Crippen LogP contribution in [0.2, 0.25) is 0 Å². The van der Waals surface area contributed by atoms with E-state index in [0.29, 0.717) is 29.6 Å². The molecule has 0 N–H and O–H groups in total. The van der Waals surface area contributed by atoms with E-state index in [2.05, 4.69) is 9.55 Å². The molecule has 22 heavy (non-hydrogen) atoms. The Morgan fingerprint density at radius 3 is 3.05 bits per heavy atom. The first-order chi connectivity index (χ1) is 10.8. The first-order valence-corrected chi connectivity index (χ1v) is 7.47. The smallest absolute Gasteiger partial charge is 0.254 e. The van der Waals surface area contributed by atoms with Gasteiger partial charge in [-0.05, 0) is 31.0 Å². The zero-order chi connectivity index (χ0) is 14.9. The molecule has 0 unspecified atom stereocenters. The minimum absolute atomic E-state index is 0.0446. The number of likely N-dealkylation sites (tertiary alicyclic amines) is 1. The minimum atomic E-state index is 0.0446. The van der Waals surface area contributed by atoms with Gasteiger partial charge in [0.15, 0.2) is 11.5 Å². The second-order valence-corrected chi connectivity index (χ2v) is 5.63. The molecule has 6 heteroatoms. The van der Waals surface area contributed by atoms with Crippen LogP contribution in [-0.4, -0.2) is 40.2 Å². The third-order valence-electron chi connectivity index (χ3n) is 4.25. The number of hydrogen-bond donors (Lipinski definition) is 0. The number of nitrogens with zero attached hydrogens (tertiary/aromatic N) is 3. The quantitative estimate of drug-likeness (QED) is 0.852. The SMILES string of the molecule is O=C(c1ccc2c(c1)OCO2)N1CCC[C@H](n2ccnc2)C1. The largest absolute Gasteiger partial charge is 0.454 e. The average molecular weight is 299 g/mol. The molecule has 2 aliphatic rings. The van der Waals surface area contributed by atoms with Crippen LogP contribution in [0.4, 0.5) is 0 Å². The zero-order valence-electron chi connectivity index (χ0n) is 12.1. The van der Waals surface area contributed by atoms with Gasteiger partial charge in [0.25, 0.3) is 5.91 Å². The molecule has 3 heterocycles. The van der Waals surface area contributed by atoms with Gasteiger partial charge in [-0.15, -0.1) is 0 Å². The van der Waals surface area contributed by atoms with Gasteiger partial charge in [-0.1, -0.05) is 0 Å². The summed E-state index contributed by atoms with van der Waals surface area (Å²) in [7, 11) is 0. The molecule has 0 bridgehead atoms. The summed E-state index contributed by atoms with van der Waals surface area (Å²) < 4.78 is 12.7. The van der Waals surface area contributed by atoms with Crippen LogP contribution in [0.3, 0.4) is 0 Å². The fourth-order valence-electron chi connectivity index (χ4n) is 3.08. The van der Waals surface area contributed by atoms with Crippen LogP contribution in [0.15, 0.2) is 36.9 Å². The lowest BCUT2D eigenvalue weighted by Crippen LogP contribution is -2.40. The second kappa shape index (κ2) is 5.36. The Morgan fingerprint density at radius 2 is 2.18 bits per heavy atom. The molecule has 0 aliphatic carbocycles. The van der Waals surface area contributed by atoms with Gasteiger partial charge in [0.1, 0.15) is 0 Å². The molecule has 0 spiro atoms. The van der Waals surface area contributed by atoms with Gasteiger partial charge in [-0.3, -0.25) is 4.79 Å². The molecule has 0 saturated carbocycles. The lowest BCUT2D eigenvalue weighted by Gasteiger charge is -2.33. The third-order valence-corrected chi connectivity index (χ3v) is 4.25. The third kappa shape index (κ3) is 2.30. The Hall–Kier alpha value is -2.50. The lowest BCUT2D eigenvalue weighted by atomic mass is 10.0. The molecule has 4 rings (SSSR count). The number of amides is 1. The van der Waals surface area contributed by atoms with Gasteiger partial charge >= 0.3 is 0 Å². The summed E-state index contributed by atoms with van der Waals surface area (Å²) >= 11 is 0. The molecule has 1 saturated heterocycles. The Kier molecular flexibility index (Phi) is 3.21. The van der Waals surface area contributed by atoms with Crippen LogP contribution in [0.1, 0.15) is 29.2 Å². The van der Waals surface area contributed by atoms with Crippen LogP contribution in [0.25, 0.3) is 0 Å². The molecule has 2 aliphatic heterocycles. The summed E-state index contributed by atoms with van der Waals surface area (Å²) in [5.41, 5.74) is 0.649. The summed E-state index contributed by atoms with van der Waals surface area (Å²) in [6.07, 6.45) is 7.62. The van der Waals surface area contributed by atoms with Crippen LogP contribution in [0.5, 0.6) is 11.5 Å². The predicted molar refractivity (Wildman–Crippen MR) is 79.0 cm³/mol. The summed E-state index contributed by atoms with van der Waals surface area (Å²) in [5.74, 6) is 1.39. The Labute approximate surface area is 128 Å². The molecular formula is C16H17N3O3. The average Bonchev–Trinajstić information content (AvgIpc) is 3.25. The summed E-state index contributed by atoms with van der Waals surface area (Å²) in [4.78, 5) is 18.7. The summed E-state index contributed by atoms with van der Waals surface area (Å²) in [6.45, 7) is 1.72. The standard InChI is InChI=1S/C16H17N3O3/c20-16(12-3-4-14-15(8-12)22-11-21-14)18-6-1-2-13(9-18)19-7-5-17-10-19/h3-5,7-8,10,13H,1-2,6,9,11H2/t13-/m0/s1. The fraction of sp³-hybridized carbons (Fsp3) is 0.375. The highest BCUT2D eigenvalue weighted by molar-refractivity contribution is 5.95. The minimum Gasteiger partial charge on any atom is -0.454 e. The van der Waals surface area contributed by atoms with E-state index >= 15 is 0 Å². The maximum Gasteiger partial charge on any atom is 0.254 e. The Bertz CT molecular complexity index is 684. The van der Waals surface area contributed by atoms with Crippen molar-refractivity contribution < 1.29 is 14.3 Å². The van der Waals surface area contributed by atoms with Crippen molar-refractivity contribution in [1.82, 2.24) is 14.5 Å². The van der Waals surface area contributed by atoms with E-state index in [1.165, 1.54) is 0 Å². The van der Waals surface area contributed by atoms with Crippen molar-refractivity contribution >= 4 is 5.91 Å². The van der Waals surface area contributed by atoms with Crippen LogP contribution in [0, 0.1) is 0 Å². The topological polar surface area (TPSA) is 56.6 Å². The number of benzene rings is 1. The van der Waals surface area contributed by atoms with Crippen molar-refractivity contribution in [2.75, 3.05) is 19.9 Å². The van der Waals surface area contributed by atoms with Gasteiger partial charge in [0.2, 0.25) is 6.79 Å². The van der Waals surface area contributed by atoms with Crippen LogP contribution < -0.4 is 9.47 Å². The van der Waals surface area contributed by atoms with Crippen LogP contribution >= 0.6 is 0 Å². The van der Waals surface area contributed by atoms with Gasteiger partial charge in [-0.25, -0.2) is 4.98 Å². The Morgan fingerprint density at radius 1 is 1.27 bits per heavy atom. The van der Waals surface area contributed by atoms with Crippen molar-refractivity contribution in [3.63, 3.8) is 0 Å². The molecular weight excluding hydrogens is 282 g/mol. The summed E-state index contributed by atoms with van der Waals surface area (Å²) in [6, 6.07) is 5.67. The lowest BCUT2D eigenvalue weighted by molar-refractivity contribution is 0.0679. The number of fused-ring (bicyclic) bond motifs is 1. The van der Waals surface area contributed by atoms with E-state index < -0.39 is 0 Å². The van der Waals surface area contributed by atoms with Gasteiger partial charge in [-0.2, -0.15) is 0 Å². The van der Waals surface area contributed by atoms with Crippen molar-refractivity contribution in [2.24, 2.45) is 0 Å².